The summed E-state index contributed by atoms with van der Waals surface area (Å²) in [6.07, 6.45) is 1.71. The van der Waals surface area contributed by atoms with Gasteiger partial charge in [0, 0.05) is 6.20 Å². The highest BCUT2D eigenvalue weighted by Crippen LogP contribution is 2.24. The number of amides is 1. The molecule has 1 aromatic carbocycles. The third kappa shape index (κ3) is 4.58. The Labute approximate surface area is 131 Å². The summed E-state index contributed by atoms with van der Waals surface area (Å²) in [5.74, 6) is 0.985. The van der Waals surface area contributed by atoms with Crippen LogP contribution in [-0.2, 0) is 10.2 Å². The summed E-state index contributed by atoms with van der Waals surface area (Å²) in [6, 6.07) is 11.5. The predicted octanol–water partition coefficient (Wildman–Crippen LogP) is 3.71. The fraction of sp³-hybridized carbons (Fsp3) is 0.333. The van der Waals surface area contributed by atoms with Crippen molar-refractivity contribution < 1.29 is 9.53 Å². The minimum absolute atomic E-state index is 0.0373. The van der Waals surface area contributed by atoms with Crippen molar-refractivity contribution in [3.8, 4) is 5.75 Å². The Morgan fingerprint density at radius 2 is 1.82 bits per heavy atom. The van der Waals surface area contributed by atoms with E-state index in [1.54, 1.807) is 12.3 Å². The van der Waals surface area contributed by atoms with E-state index < -0.39 is 0 Å². The van der Waals surface area contributed by atoms with Gasteiger partial charge >= 0.3 is 0 Å². The van der Waals surface area contributed by atoms with E-state index in [4.69, 9.17) is 4.74 Å². The van der Waals surface area contributed by atoms with Crippen molar-refractivity contribution in [3.05, 3.63) is 53.7 Å². The summed E-state index contributed by atoms with van der Waals surface area (Å²) < 4.78 is 5.49. The fourth-order valence-corrected chi connectivity index (χ4v) is 1.92. The van der Waals surface area contributed by atoms with E-state index in [2.05, 4.69) is 31.1 Å². The molecule has 0 aliphatic carbocycles. The van der Waals surface area contributed by atoms with Crippen molar-refractivity contribution in [2.45, 2.75) is 33.1 Å². The van der Waals surface area contributed by atoms with Crippen molar-refractivity contribution in [2.75, 3.05) is 11.9 Å². The van der Waals surface area contributed by atoms with E-state index in [1.807, 2.05) is 37.3 Å². The van der Waals surface area contributed by atoms with Gasteiger partial charge in [-0.25, -0.2) is 4.98 Å². The molecule has 0 radical (unpaired) electrons. The summed E-state index contributed by atoms with van der Waals surface area (Å²) in [5, 5.41) is 2.70. The predicted molar refractivity (Wildman–Crippen MR) is 88.2 cm³/mol. The van der Waals surface area contributed by atoms with Crippen LogP contribution in [0.25, 0.3) is 0 Å². The molecule has 4 heteroatoms. The maximum atomic E-state index is 11.8. The van der Waals surface area contributed by atoms with E-state index in [9.17, 15) is 4.79 Å². The number of anilines is 1. The molecular weight excluding hydrogens is 276 g/mol. The second-order valence-electron chi connectivity index (χ2n) is 6.33. The van der Waals surface area contributed by atoms with Crippen LogP contribution in [0.5, 0.6) is 5.75 Å². The number of nitrogens with zero attached hydrogens (tertiary/aromatic N) is 1. The molecule has 1 heterocycles. The fourth-order valence-electron chi connectivity index (χ4n) is 1.92. The van der Waals surface area contributed by atoms with Gasteiger partial charge in [0.1, 0.15) is 11.6 Å². The standard InChI is InChI=1S/C18H22N2O2/c1-13-5-10-16(19-11-13)20-17(21)12-22-15-8-6-14(7-9-15)18(2,3)4/h5-11H,12H2,1-4H3,(H,19,20,21). The normalized spacial score (nSPS) is 11.1. The largest absolute Gasteiger partial charge is 0.484 e. The Kier molecular flexibility index (Phi) is 4.81. The third-order valence-electron chi connectivity index (χ3n) is 3.27. The van der Waals surface area contributed by atoms with E-state index in [0.29, 0.717) is 11.6 Å². The van der Waals surface area contributed by atoms with Gasteiger partial charge < -0.3 is 10.1 Å². The third-order valence-corrected chi connectivity index (χ3v) is 3.27. The topological polar surface area (TPSA) is 51.2 Å². The molecule has 0 unspecified atom stereocenters. The van der Waals surface area contributed by atoms with Gasteiger partial charge in [-0.05, 0) is 41.7 Å². The molecule has 116 valence electrons. The highest BCUT2D eigenvalue weighted by molar-refractivity contribution is 5.90. The highest BCUT2D eigenvalue weighted by Gasteiger charge is 2.13. The van der Waals surface area contributed by atoms with Crippen molar-refractivity contribution >= 4 is 11.7 Å². The maximum Gasteiger partial charge on any atom is 0.263 e. The van der Waals surface area contributed by atoms with Gasteiger partial charge in [-0.1, -0.05) is 39.0 Å². The molecule has 22 heavy (non-hydrogen) atoms. The number of carbonyl (C=O) groups is 1. The highest BCUT2D eigenvalue weighted by atomic mass is 16.5. The van der Waals surface area contributed by atoms with Crippen LogP contribution in [-0.4, -0.2) is 17.5 Å². The average Bonchev–Trinajstić information content (AvgIpc) is 2.47. The second kappa shape index (κ2) is 6.60. The number of carbonyl (C=O) groups excluding carboxylic acids is 1. The summed E-state index contributed by atoms with van der Waals surface area (Å²) >= 11 is 0. The molecule has 0 fully saturated rings. The summed E-state index contributed by atoms with van der Waals surface area (Å²) in [7, 11) is 0. The molecular formula is C18H22N2O2. The van der Waals surface area contributed by atoms with Gasteiger partial charge in [-0.2, -0.15) is 0 Å². The van der Waals surface area contributed by atoms with Gasteiger partial charge in [0.05, 0.1) is 0 Å². The van der Waals surface area contributed by atoms with Crippen molar-refractivity contribution in [1.82, 2.24) is 4.98 Å². The van der Waals surface area contributed by atoms with Crippen LogP contribution < -0.4 is 10.1 Å². The van der Waals surface area contributed by atoms with Crippen LogP contribution in [0.1, 0.15) is 31.9 Å². The van der Waals surface area contributed by atoms with E-state index >= 15 is 0 Å². The minimum atomic E-state index is -0.226. The van der Waals surface area contributed by atoms with Gasteiger partial charge in [-0.15, -0.1) is 0 Å². The molecule has 0 bridgehead atoms. The number of aromatic nitrogens is 1. The van der Waals surface area contributed by atoms with Crippen LogP contribution in [0.2, 0.25) is 0 Å². The summed E-state index contributed by atoms with van der Waals surface area (Å²) in [5.41, 5.74) is 2.38. The number of hydrogen-bond acceptors (Lipinski definition) is 3. The van der Waals surface area contributed by atoms with Crippen LogP contribution in [0, 0.1) is 6.92 Å². The molecule has 0 saturated carbocycles. The zero-order chi connectivity index (χ0) is 16.2. The molecule has 0 aliphatic heterocycles. The maximum absolute atomic E-state index is 11.8. The minimum Gasteiger partial charge on any atom is -0.484 e. The monoisotopic (exact) mass is 298 g/mol. The van der Waals surface area contributed by atoms with Crippen LogP contribution in [0.4, 0.5) is 5.82 Å². The first-order valence-corrected chi connectivity index (χ1v) is 7.30. The van der Waals surface area contributed by atoms with Crippen molar-refractivity contribution in [3.63, 3.8) is 0 Å². The number of rotatable bonds is 4. The molecule has 1 amide bonds. The zero-order valence-corrected chi connectivity index (χ0v) is 13.5. The number of hydrogen-bond donors (Lipinski definition) is 1. The Hall–Kier alpha value is -2.36. The van der Waals surface area contributed by atoms with Gasteiger partial charge in [0.15, 0.2) is 6.61 Å². The van der Waals surface area contributed by atoms with E-state index in [1.165, 1.54) is 5.56 Å². The quantitative estimate of drug-likeness (QED) is 0.936. The first-order chi connectivity index (χ1) is 10.3. The van der Waals surface area contributed by atoms with E-state index in [0.717, 1.165) is 5.56 Å². The number of nitrogens with one attached hydrogen (secondary N) is 1. The number of pyridine rings is 1. The first-order valence-electron chi connectivity index (χ1n) is 7.30. The van der Waals surface area contributed by atoms with Gasteiger partial charge in [0.25, 0.3) is 5.91 Å². The zero-order valence-electron chi connectivity index (χ0n) is 13.5. The lowest BCUT2D eigenvalue weighted by atomic mass is 9.87. The summed E-state index contributed by atoms with van der Waals surface area (Å²) in [4.78, 5) is 15.9. The summed E-state index contributed by atoms with van der Waals surface area (Å²) in [6.45, 7) is 8.38. The molecule has 0 spiro atoms. The lowest BCUT2D eigenvalue weighted by molar-refractivity contribution is -0.118. The lowest BCUT2D eigenvalue weighted by Crippen LogP contribution is -2.20. The molecule has 2 rings (SSSR count). The number of ether oxygens (including phenoxy) is 1. The molecule has 4 nitrogen and oxygen atoms in total. The molecule has 0 aliphatic rings. The van der Waals surface area contributed by atoms with Crippen molar-refractivity contribution in [2.24, 2.45) is 0 Å². The average molecular weight is 298 g/mol. The smallest absolute Gasteiger partial charge is 0.263 e. The SMILES string of the molecule is Cc1ccc(NC(=O)COc2ccc(C(C)(C)C)cc2)nc1. The molecule has 1 aromatic heterocycles. The molecule has 0 saturated heterocycles. The Morgan fingerprint density at radius 1 is 1.14 bits per heavy atom. The molecule has 0 atom stereocenters. The lowest BCUT2D eigenvalue weighted by Gasteiger charge is -2.19. The van der Waals surface area contributed by atoms with E-state index in [-0.39, 0.29) is 17.9 Å². The first kappa shape index (κ1) is 16.0. The van der Waals surface area contributed by atoms with Crippen LogP contribution in [0.15, 0.2) is 42.6 Å². The number of aryl methyl sites for hydroxylation is 1. The van der Waals surface area contributed by atoms with Gasteiger partial charge in [0.2, 0.25) is 0 Å². The van der Waals surface area contributed by atoms with Crippen LogP contribution >= 0.6 is 0 Å². The molecule has 2 aromatic rings. The van der Waals surface area contributed by atoms with Crippen LogP contribution in [0.3, 0.4) is 0 Å². The molecule has 1 N–H and O–H groups in total. The Morgan fingerprint density at radius 3 is 2.36 bits per heavy atom. The Bertz CT molecular complexity index is 626. The van der Waals surface area contributed by atoms with Gasteiger partial charge in [-0.3, -0.25) is 4.79 Å². The Balaban J connectivity index is 1.87. The second-order valence-corrected chi connectivity index (χ2v) is 6.33. The van der Waals surface area contributed by atoms with Crippen molar-refractivity contribution in [1.29, 1.82) is 0 Å². The number of benzene rings is 1.